The molecule has 1 aromatic rings. The lowest BCUT2D eigenvalue weighted by Crippen LogP contribution is -2.64. The molecular formula is C18H21N3O3S. The Kier molecular flexibility index (Phi) is 4.43. The molecule has 3 heterocycles. The van der Waals surface area contributed by atoms with E-state index in [1.54, 1.807) is 16.2 Å². The molecule has 4 rings (SSSR count). The molecule has 1 atom stereocenters. The van der Waals surface area contributed by atoms with E-state index in [1.807, 2.05) is 17.5 Å². The van der Waals surface area contributed by atoms with E-state index in [9.17, 15) is 14.4 Å². The van der Waals surface area contributed by atoms with Gasteiger partial charge in [-0.2, -0.15) is 0 Å². The number of thiophene rings is 1. The number of Topliss-reactive ketones (excluding diaryl/α,β-unsaturated/α-hetero) is 1. The summed E-state index contributed by atoms with van der Waals surface area (Å²) in [6.45, 7) is 3.27. The van der Waals surface area contributed by atoms with Gasteiger partial charge in [-0.15, -0.1) is 11.3 Å². The van der Waals surface area contributed by atoms with Crippen LogP contribution in [0.4, 0.5) is 0 Å². The second-order valence-electron chi connectivity index (χ2n) is 6.72. The van der Waals surface area contributed by atoms with Crippen molar-refractivity contribution in [2.24, 2.45) is 0 Å². The fourth-order valence-electron chi connectivity index (χ4n) is 3.90. The number of carbonyl (C=O) groups excluding carboxylic acids is 3. The van der Waals surface area contributed by atoms with E-state index < -0.39 is 0 Å². The van der Waals surface area contributed by atoms with Crippen LogP contribution in [0.1, 0.15) is 24.1 Å². The van der Waals surface area contributed by atoms with Crippen LogP contribution in [0.2, 0.25) is 0 Å². The van der Waals surface area contributed by atoms with Gasteiger partial charge in [0.15, 0.2) is 5.78 Å². The average Bonchev–Trinajstić information content (AvgIpc) is 3.26. The summed E-state index contributed by atoms with van der Waals surface area (Å²) in [7, 11) is 0. The lowest BCUT2D eigenvalue weighted by atomic mass is 10.0. The molecule has 0 aromatic carbocycles. The van der Waals surface area contributed by atoms with E-state index in [4.69, 9.17) is 0 Å². The summed E-state index contributed by atoms with van der Waals surface area (Å²) in [6.07, 6.45) is 1.37. The fourth-order valence-corrected chi connectivity index (χ4v) is 4.73. The molecule has 1 aliphatic carbocycles. The van der Waals surface area contributed by atoms with Gasteiger partial charge in [-0.3, -0.25) is 19.3 Å². The van der Waals surface area contributed by atoms with Crippen LogP contribution in [0.5, 0.6) is 0 Å². The van der Waals surface area contributed by atoms with Gasteiger partial charge in [0.1, 0.15) is 6.04 Å². The van der Waals surface area contributed by atoms with E-state index in [-0.39, 0.29) is 30.1 Å². The third kappa shape index (κ3) is 3.14. The molecule has 0 radical (unpaired) electrons. The summed E-state index contributed by atoms with van der Waals surface area (Å²) >= 11 is 1.61. The number of ketones is 1. The number of hydrogen-bond acceptors (Lipinski definition) is 5. The maximum Gasteiger partial charge on any atom is 0.239 e. The Morgan fingerprint density at radius 3 is 2.92 bits per heavy atom. The highest BCUT2D eigenvalue weighted by Crippen LogP contribution is 2.36. The Bertz CT molecular complexity index is 741. The Morgan fingerprint density at radius 2 is 2.12 bits per heavy atom. The number of rotatable bonds is 3. The molecule has 132 valence electrons. The molecule has 1 aromatic heterocycles. The molecular weight excluding hydrogens is 338 g/mol. The summed E-state index contributed by atoms with van der Waals surface area (Å²) in [5, 5.41) is 4.86. The Morgan fingerprint density at radius 1 is 1.24 bits per heavy atom. The monoisotopic (exact) mass is 359 g/mol. The standard InChI is InChI=1S/C18H21N3O3S/c22-15-4-3-12(16-2-1-9-25-16)13(15)10-17(23)21-8-7-20-6-5-19-18(24)14(20)11-21/h1-2,9,14H,3-8,10-11H2,(H,19,24)/t14-/m0/s1. The molecule has 3 aliphatic rings. The minimum atomic E-state index is -0.253. The van der Waals surface area contributed by atoms with E-state index in [0.717, 1.165) is 23.4 Å². The number of fused-ring (bicyclic) bond motifs is 1. The predicted octanol–water partition coefficient (Wildman–Crippen LogP) is 0.897. The van der Waals surface area contributed by atoms with Crippen LogP contribution in [0.3, 0.4) is 0 Å². The summed E-state index contributed by atoms with van der Waals surface area (Å²) in [6, 6.07) is 3.72. The van der Waals surface area contributed by atoms with Crippen LogP contribution in [-0.2, 0) is 14.4 Å². The molecule has 0 unspecified atom stereocenters. The number of piperazine rings is 2. The number of nitrogens with one attached hydrogen (secondary N) is 1. The van der Waals surface area contributed by atoms with Crippen molar-refractivity contribution in [3.05, 3.63) is 28.0 Å². The van der Waals surface area contributed by atoms with Crippen molar-refractivity contribution in [2.75, 3.05) is 32.7 Å². The molecule has 25 heavy (non-hydrogen) atoms. The smallest absolute Gasteiger partial charge is 0.239 e. The van der Waals surface area contributed by atoms with Crippen molar-refractivity contribution < 1.29 is 14.4 Å². The third-order valence-corrected chi connectivity index (χ3v) is 6.22. The number of hydrogen-bond donors (Lipinski definition) is 1. The Hall–Kier alpha value is -1.99. The van der Waals surface area contributed by atoms with Crippen molar-refractivity contribution in [1.82, 2.24) is 15.1 Å². The lowest BCUT2D eigenvalue weighted by Gasteiger charge is -2.43. The molecule has 2 saturated heterocycles. The molecule has 0 saturated carbocycles. The van der Waals surface area contributed by atoms with Gasteiger partial charge in [0.25, 0.3) is 0 Å². The van der Waals surface area contributed by atoms with Gasteiger partial charge in [0.2, 0.25) is 11.8 Å². The first-order valence-electron chi connectivity index (χ1n) is 8.72. The average molecular weight is 359 g/mol. The van der Waals surface area contributed by atoms with Crippen molar-refractivity contribution >= 4 is 34.5 Å². The number of amides is 2. The van der Waals surface area contributed by atoms with Gasteiger partial charge in [-0.25, -0.2) is 0 Å². The van der Waals surface area contributed by atoms with Crippen LogP contribution in [0.15, 0.2) is 23.1 Å². The largest absolute Gasteiger partial charge is 0.353 e. The normalized spacial score (nSPS) is 24.5. The zero-order valence-electron chi connectivity index (χ0n) is 14.0. The lowest BCUT2D eigenvalue weighted by molar-refractivity contribution is -0.139. The van der Waals surface area contributed by atoms with E-state index in [0.29, 0.717) is 38.2 Å². The molecule has 0 spiro atoms. The predicted molar refractivity (Wildman–Crippen MR) is 95.0 cm³/mol. The fraction of sp³-hybridized carbons (Fsp3) is 0.500. The molecule has 2 amide bonds. The van der Waals surface area contributed by atoms with Crippen molar-refractivity contribution in [2.45, 2.75) is 25.3 Å². The first-order chi connectivity index (χ1) is 12.1. The zero-order chi connectivity index (χ0) is 17.4. The summed E-state index contributed by atoms with van der Waals surface area (Å²) in [5.74, 6) is 0.0438. The molecule has 6 nitrogen and oxygen atoms in total. The van der Waals surface area contributed by atoms with Gasteiger partial charge in [-0.1, -0.05) is 6.07 Å². The van der Waals surface area contributed by atoms with Crippen LogP contribution in [0.25, 0.3) is 5.57 Å². The minimum absolute atomic E-state index is 0.000757. The van der Waals surface area contributed by atoms with E-state index >= 15 is 0 Å². The van der Waals surface area contributed by atoms with Gasteiger partial charge in [0, 0.05) is 49.6 Å². The first kappa shape index (κ1) is 16.5. The SMILES string of the molecule is O=C1CCC(c2cccs2)=C1CC(=O)N1CCN2CCNC(=O)[C@@H]2C1. The molecule has 2 fully saturated rings. The maximum atomic E-state index is 12.8. The zero-order valence-corrected chi connectivity index (χ0v) is 14.8. The van der Waals surface area contributed by atoms with Gasteiger partial charge < -0.3 is 10.2 Å². The van der Waals surface area contributed by atoms with Crippen LogP contribution < -0.4 is 5.32 Å². The summed E-state index contributed by atoms with van der Waals surface area (Å²) in [4.78, 5) is 42.1. The highest BCUT2D eigenvalue weighted by molar-refractivity contribution is 7.11. The van der Waals surface area contributed by atoms with Crippen LogP contribution >= 0.6 is 11.3 Å². The number of carbonyl (C=O) groups is 3. The minimum Gasteiger partial charge on any atom is -0.353 e. The molecule has 2 aliphatic heterocycles. The Balaban J connectivity index is 1.49. The van der Waals surface area contributed by atoms with Gasteiger partial charge in [0.05, 0.1) is 6.42 Å². The molecule has 1 N–H and O–H groups in total. The highest BCUT2D eigenvalue weighted by Gasteiger charge is 2.37. The molecule has 0 bridgehead atoms. The quantitative estimate of drug-likeness (QED) is 0.871. The van der Waals surface area contributed by atoms with Crippen LogP contribution in [-0.4, -0.2) is 66.2 Å². The van der Waals surface area contributed by atoms with Gasteiger partial charge >= 0.3 is 0 Å². The summed E-state index contributed by atoms with van der Waals surface area (Å²) < 4.78 is 0. The maximum absolute atomic E-state index is 12.8. The highest BCUT2D eigenvalue weighted by atomic mass is 32.1. The van der Waals surface area contributed by atoms with Crippen molar-refractivity contribution in [3.63, 3.8) is 0 Å². The van der Waals surface area contributed by atoms with Gasteiger partial charge in [-0.05, 0) is 23.4 Å². The van der Waals surface area contributed by atoms with E-state index in [1.165, 1.54) is 0 Å². The van der Waals surface area contributed by atoms with Crippen LogP contribution in [0, 0.1) is 0 Å². The third-order valence-electron chi connectivity index (χ3n) is 5.29. The number of nitrogens with zero attached hydrogens (tertiary/aromatic N) is 2. The summed E-state index contributed by atoms with van der Waals surface area (Å²) in [5.41, 5.74) is 1.70. The van der Waals surface area contributed by atoms with Crippen molar-refractivity contribution in [3.8, 4) is 0 Å². The number of allylic oxidation sites excluding steroid dienone is 1. The Labute approximate surface area is 150 Å². The topological polar surface area (TPSA) is 69.7 Å². The van der Waals surface area contributed by atoms with Crippen molar-refractivity contribution in [1.29, 1.82) is 0 Å². The second kappa shape index (κ2) is 6.72. The first-order valence-corrected chi connectivity index (χ1v) is 9.60. The van der Waals surface area contributed by atoms with E-state index in [2.05, 4.69) is 10.2 Å². The molecule has 7 heteroatoms. The second-order valence-corrected chi connectivity index (χ2v) is 7.66.